The minimum absolute atomic E-state index is 0.0733. The predicted molar refractivity (Wildman–Crippen MR) is 123 cm³/mol. The number of methoxy groups -OCH3 is 1. The highest BCUT2D eigenvalue weighted by molar-refractivity contribution is 5.89. The molecule has 0 saturated heterocycles. The average molecular weight is 490 g/mol. The molecule has 0 aliphatic heterocycles. The molecule has 1 fully saturated rings. The van der Waals surface area contributed by atoms with Crippen molar-refractivity contribution in [3.63, 3.8) is 0 Å². The van der Waals surface area contributed by atoms with Crippen LogP contribution >= 0.6 is 0 Å². The SMILES string of the molecule is COc1nc(NC2CCC(C)(O)CC2)nn2cc(F)c(-c3ccc4nnn(CC(C)(F)F)c4c3)c12. The Labute approximate surface area is 198 Å². The molecule has 0 amide bonds. The molecule has 5 rings (SSSR count). The molecule has 9 nitrogen and oxygen atoms in total. The molecule has 0 unspecified atom stereocenters. The highest BCUT2D eigenvalue weighted by atomic mass is 19.3. The van der Waals surface area contributed by atoms with Crippen molar-refractivity contribution in [1.29, 1.82) is 0 Å². The van der Waals surface area contributed by atoms with Crippen molar-refractivity contribution in [3.05, 3.63) is 30.2 Å². The number of alkyl halides is 2. The highest BCUT2D eigenvalue weighted by Crippen LogP contribution is 2.36. The number of aliphatic hydroxyl groups is 1. The van der Waals surface area contributed by atoms with Gasteiger partial charge in [0.15, 0.2) is 5.82 Å². The number of anilines is 1. The number of fused-ring (bicyclic) bond motifs is 2. The van der Waals surface area contributed by atoms with Gasteiger partial charge in [0.1, 0.15) is 17.6 Å². The number of nitrogens with zero attached hydrogens (tertiary/aromatic N) is 6. The lowest BCUT2D eigenvalue weighted by Crippen LogP contribution is -2.36. The molecule has 2 N–H and O–H groups in total. The van der Waals surface area contributed by atoms with Crippen LogP contribution in [0, 0.1) is 5.82 Å². The van der Waals surface area contributed by atoms with Gasteiger partial charge in [-0.2, -0.15) is 4.98 Å². The molecule has 0 atom stereocenters. The van der Waals surface area contributed by atoms with Gasteiger partial charge in [-0.3, -0.25) is 0 Å². The van der Waals surface area contributed by atoms with E-state index in [0.29, 0.717) is 35.0 Å². The lowest BCUT2D eigenvalue weighted by atomic mass is 9.84. The van der Waals surface area contributed by atoms with E-state index in [1.807, 2.05) is 6.92 Å². The van der Waals surface area contributed by atoms with Crippen molar-refractivity contribution in [2.45, 2.75) is 63.6 Å². The number of hydrogen-bond donors (Lipinski definition) is 2. The molecular formula is C23H26F3N7O2. The summed E-state index contributed by atoms with van der Waals surface area (Å²) in [5.74, 6) is -3.11. The van der Waals surface area contributed by atoms with Gasteiger partial charge in [0.05, 0.1) is 30.0 Å². The zero-order valence-electron chi connectivity index (χ0n) is 19.6. The van der Waals surface area contributed by atoms with E-state index in [0.717, 1.165) is 24.4 Å². The zero-order chi connectivity index (χ0) is 25.0. The van der Waals surface area contributed by atoms with Gasteiger partial charge in [-0.25, -0.2) is 22.4 Å². The minimum Gasteiger partial charge on any atom is -0.479 e. The fourth-order valence-electron chi connectivity index (χ4n) is 4.57. The summed E-state index contributed by atoms with van der Waals surface area (Å²) >= 11 is 0. The normalized spacial score (nSPS) is 21.1. The molecule has 1 aliphatic rings. The maximum atomic E-state index is 15.2. The van der Waals surface area contributed by atoms with Gasteiger partial charge in [0.25, 0.3) is 5.92 Å². The van der Waals surface area contributed by atoms with Crippen molar-refractivity contribution in [1.82, 2.24) is 29.6 Å². The Morgan fingerprint density at radius 1 is 1.29 bits per heavy atom. The van der Waals surface area contributed by atoms with Crippen LogP contribution in [0.25, 0.3) is 27.7 Å². The van der Waals surface area contributed by atoms with E-state index in [1.54, 1.807) is 18.2 Å². The second-order valence-electron chi connectivity index (χ2n) is 9.53. The first-order valence-corrected chi connectivity index (χ1v) is 11.4. The van der Waals surface area contributed by atoms with Crippen molar-refractivity contribution < 1.29 is 23.0 Å². The molecular weight excluding hydrogens is 463 g/mol. The summed E-state index contributed by atoms with van der Waals surface area (Å²) in [5, 5.41) is 25.6. The van der Waals surface area contributed by atoms with E-state index in [-0.39, 0.29) is 23.4 Å². The van der Waals surface area contributed by atoms with Gasteiger partial charge in [0, 0.05) is 13.0 Å². The van der Waals surface area contributed by atoms with E-state index in [4.69, 9.17) is 4.74 Å². The van der Waals surface area contributed by atoms with Gasteiger partial charge in [-0.1, -0.05) is 11.3 Å². The molecule has 1 saturated carbocycles. The maximum Gasteiger partial charge on any atom is 0.264 e. The molecule has 4 aromatic rings. The van der Waals surface area contributed by atoms with Crippen molar-refractivity contribution in [3.8, 4) is 17.0 Å². The summed E-state index contributed by atoms with van der Waals surface area (Å²) in [6, 6.07) is 4.89. The monoisotopic (exact) mass is 489 g/mol. The first-order chi connectivity index (χ1) is 16.5. The van der Waals surface area contributed by atoms with E-state index < -0.39 is 23.9 Å². The number of benzene rings is 1. The highest BCUT2D eigenvalue weighted by Gasteiger charge is 2.30. The summed E-state index contributed by atoms with van der Waals surface area (Å²) in [4.78, 5) is 4.44. The van der Waals surface area contributed by atoms with Crippen LogP contribution in [0.5, 0.6) is 5.88 Å². The number of ether oxygens (including phenoxy) is 1. The molecule has 3 aromatic heterocycles. The van der Waals surface area contributed by atoms with Crippen molar-refractivity contribution in [2.75, 3.05) is 12.4 Å². The minimum atomic E-state index is -2.99. The Hall–Kier alpha value is -3.41. The molecule has 3 heterocycles. The Morgan fingerprint density at radius 2 is 2.03 bits per heavy atom. The van der Waals surface area contributed by atoms with Crippen molar-refractivity contribution >= 4 is 22.5 Å². The summed E-state index contributed by atoms with van der Waals surface area (Å²) in [6.07, 6.45) is 4.04. The van der Waals surface area contributed by atoms with Crippen LogP contribution in [0.2, 0.25) is 0 Å². The summed E-state index contributed by atoms with van der Waals surface area (Å²) in [5.41, 5.74) is 1.02. The number of rotatable bonds is 6. The van der Waals surface area contributed by atoms with Crippen LogP contribution < -0.4 is 10.1 Å². The number of halogens is 3. The maximum absolute atomic E-state index is 15.2. The molecule has 12 heteroatoms. The van der Waals surface area contributed by atoms with Crippen LogP contribution in [0.1, 0.15) is 39.5 Å². The molecule has 35 heavy (non-hydrogen) atoms. The molecule has 0 radical (unpaired) electrons. The number of aromatic nitrogens is 6. The standard InChI is InChI=1S/C23H26F3N7O2/c1-22(34)8-6-14(7-9-22)27-21-28-20(35-3)19-18(15(24)11-32(19)30-21)13-4-5-16-17(10-13)33(31-29-16)12-23(2,25)26/h4-5,10-11,14,34H,6-9,12H2,1-3H3,(H,27,30). The zero-order valence-corrected chi connectivity index (χ0v) is 19.6. The molecule has 0 bridgehead atoms. The summed E-state index contributed by atoms with van der Waals surface area (Å²) in [6.45, 7) is 1.98. The average Bonchev–Trinajstić information content (AvgIpc) is 3.33. The van der Waals surface area contributed by atoms with Gasteiger partial charge in [-0.05, 0) is 50.3 Å². The fourth-order valence-corrected chi connectivity index (χ4v) is 4.57. The predicted octanol–water partition coefficient (Wildman–Crippen LogP) is 4.05. The first kappa shape index (κ1) is 23.3. The van der Waals surface area contributed by atoms with Crippen LogP contribution in [-0.4, -0.2) is 59.4 Å². The van der Waals surface area contributed by atoms with E-state index >= 15 is 4.39 Å². The Morgan fingerprint density at radius 3 is 2.71 bits per heavy atom. The topological polar surface area (TPSA) is 102 Å². The summed E-state index contributed by atoms with van der Waals surface area (Å²) in [7, 11) is 1.43. The number of hydrogen-bond acceptors (Lipinski definition) is 7. The van der Waals surface area contributed by atoms with Gasteiger partial charge < -0.3 is 15.2 Å². The molecule has 186 valence electrons. The molecule has 1 aromatic carbocycles. The largest absolute Gasteiger partial charge is 0.479 e. The number of nitrogens with one attached hydrogen (secondary N) is 1. The van der Waals surface area contributed by atoms with Crippen LogP contribution in [0.4, 0.5) is 19.1 Å². The van der Waals surface area contributed by atoms with Gasteiger partial charge in [0.2, 0.25) is 11.8 Å². The van der Waals surface area contributed by atoms with Gasteiger partial charge >= 0.3 is 0 Å². The molecule has 0 spiro atoms. The third-order valence-corrected chi connectivity index (χ3v) is 6.37. The third kappa shape index (κ3) is 4.62. The smallest absolute Gasteiger partial charge is 0.264 e. The van der Waals surface area contributed by atoms with Crippen LogP contribution in [0.3, 0.4) is 0 Å². The second-order valence-corrected chi connectivity index (χ2v) is 9.53. The quantitative estimate of drug-likeness (QED) is 0.421. The van der Waals surface area contributed by atoms with Gasteiger partial charge in [-0.15, -0.1) is 10.2 Å². The Kier molecular flexibility index (Phi) is 5.58. The van der Waals surface area contributed by atoms with E-state index in [9.17, 15) is 13.9 Å². The van der Waals surface area contributed by atoms with E-state index in [1.165, 1.54) is 17.8 Å². The first-order valence-electron chi connectivity index (χ1n) is 11.4. The lowest BCUT2D eigenvalue weighted by Gasteiger charge is -2.33. The third-order valence-electron chi connectivity index (χ3n) is 6.37. The van der Waals surface area contributed by atoms with E-state index in [2.05, 4.69) is 25.7 Å². The molecule has 1 aliphatic carbocycles. The fraction of sp³-hybridized carbons (Fsp3) is 0.478. The van der Waals surface area contributed by atoms with Crippen molar-refractivity contribution in [2.24, 2.45) is 0 Å². The summed E-state index contributed by atoms with van der Waals surface area (Å²) < 4.78 is 50.4. The Bertz CT molecular complexity index is 1380. The lowest BCUT2D eigenvalue weighted by molar-refractivity contribution is 0.00129. The second kappa shape index (κ2) is 8.36. The van der Waals surface area contributed by atoms with Crippen LogP contribution in [0.15, 0.2) is 24.4 Å². The van der Waals surface area contributed by atoms with Crippen LogP contribution in [-0.2, 0) is 6.54 Å². The Balaban J connectivity index is 1.53.